The first kappa shape index (κ1) is 10.7. The summed E-state index contributed by atoms with van der Waals surface area (Å²) in [5.41, 5.74) is 2.94. The van der Waals surface area contributed by atoms with Crippen LogP contribution in [-0.2, 0) is 6.54 Å². The van der Waals surface area contributed by atoms with E-state index in [4.69, 9.17) is 0 Å². The zero-order chi connectivity index (χ0) is 10.7. The lowest BCUT2D eigenvalue weighted by molar-refractivity contribution is 0.583. The summed E-state index contributed by atoms with van der Waals surface area (Å²) in [5, 5.41) is 6.52. The normalized spacial score (nSPS) is 11.1. The van der Waals surface area contributed by atoms with Gasteiger partial charge in [0.2, 0.25) is 0 Å². The van der Waals surface area contributed by atoms with E-state index in [-0.39, 0.29) is 0 Å². The Morgan fingerprint density at radius 3 is 2.93 bits per heavy atom. The lowest BCUT2D eigenvalue weighted by Gasteiger charge is -2.04. The predicted molar refractivity (Wildman–Crippen MR) is 65.2 cm³/mol. The van der Waals surface area contributed by atoms with Gasteiger partial charge in [-0.3, -0.25) is 4.98 Å². The van der Waals surface area contributed by atoms with Gasteiger partial charge in [0.25, 0.3) is 0 Å². The monoisotopic (exact) mass is 239 g/mol. The van der Waals surface area contributed by atoms with Crippen LogP contribution in [-0.4, -0.2) is 16.0 Å². The zero-order valence-corrected chi connectivity index (χ0v) is 10.4. The molecule has 0 bridgehead atoms. The minimum atomic E-state index is 0.499. The Morgan fingerprint density at radius 2 is 2.27 bits per heavy atom. The number of nitrogens with one attached hydrogen (secondary N) is 1. The zero-order valence-electron chi connectivity index (χ0n) is 8.73. The van der Waals surface area contributed by atoms with E-state index in [1.807, 2.05) is 11.7 Å². The molecule has 0 amide bonds. The van der Waals surface area contributed by atoms with Gasteiger partial charge in [0, 0.05) is 24.2 Å². The van der Waals surface area contributed by atoms with Crippen LogP contribution in [0.3, 0.4) is 0 Å². The summed E-state index contributed by atoms with van der Waals surface area (Å²) in [5.74, 6) is 0. The molecular weight excluding hydrogens is 226 g/mol. The molecule has 1 N–H and O–H groups in total. The Morgan fingerprint density at radius 1 is 1.40 bits per heavy atom. The summed E-state index contributed by atoms with van der Waals surface area (Å²) in [7, 11) is 0. The third kappa shape index (κ3) is 2.84. The maximum absolute atomic E-state index is 4.55. The van der Waals surface area contributed by atoms with Crippen molar-refractivity contribution in [2.24, 2.45) is 0 Å². The van der Waals surface area contributed by atoms with Crippen molar-refractivity contribution in [2.75, 3.05) is 0 Å². The van der Waals surface area contributed by atoms with Crippen LogP contribution >= 0.6 is 22.7 Å². The summed E-state index contributed by atoms with van der Waals surface area (Å²) in [4.78, 5) is 9.75. The third-order valence-corrected chi connectivity index (χ3v) is 3.72. The first-order chi connectivity index (χ1) is 7.25. The van der Waals surface area contributed by atoms with Gasteiger partial charge in [0.05, 0.1) is 16.1 Å². The number of hydrogen-bond acceptors (Lipinski definition) is 5. The number of rotatable bonds is 4. The van der Waals surface area contributed by atoms with Crippen LogP contribution in [0, 0.1) is 0 Å². The first-order valence-electron chi connectivity index (χ1n) is 4.82. The van der Waals surface area contributed by atoms with Gasteiger partial charge in [0.1, 0.15) is 5.01 Å². The lowest BCUT2D eigenvalue weighted by atomic mass is 10.4. The molecule has 0 aliphatic rings. The second-order valence-electron chi connectivity index (χ2n) is 3.55. The fourth-order valence-electron chi connectivity index (χ4n) is 1.13. The van der Waals surface area contributed by atoms with E-state index in [9.17, 15) is 0 Å². The Kier molecular flexibility index (Phi) is 3.45. The average molecular weight is 239 g/mol. The Hall–Kier alpha value is -0.780. The second-order valence-corrected chi connectivity index (χ2v) is 5.29. The first-order valence-corrected chi connectivity index (χ1v) is 6.58. The van der Waals surface area contributed by atoms with Gasteiger partial charge in [-0.05, 0) is 0 Å². The summed E-state index contributed by atoms with van der Waals surface area (Å²) in [6, 6.07) is 0.499. The van der Waals surface area contributed by atoms with Crippen LogP contribution in [0.1, 0.15) is 19.5 Å². The minimum absolute atomic E-state index is 0.499. The predicted octanol–water partition coefficient (Wildman–Crippen LogP) is 2.76. The van der Waals surface area contributed by atoms with Crippen molar-refractivity contribution in [1.82, 2.24) is 15.3 Å². The number of thiazole rings is 2. The van der Waals surface area contributed by atoms with Crippen LogP contribution in [0.15, 0.2) is 17.1 Å². The van der Waals surface area contributed by atoms with Gasteiger partial charge in [0.15, 0.2) is 0 Å². The summed E-state index contributed by atoms with van der Waals surface area (Å²) in [6.07, 6.45) is 1.86. The standard InChI is InChI=1S/C10H13N3S2/c1-7(2)12-3-8-5-14-10(13-8)9-4-11-6-15-9/h4-7,12H,3H2,1-2H3. The molecule has 5 heteroatoms. The van der Waals surface area contributed by atoms with Gasteiger partial charge >= 0.3 is 0 Å². The molecule has 2 heterocycles. The fourth-order valence-corrected chi connectivity index (χ4v) is 2.65. The highest BCUT2D eigenvalue weighted by Gasteiger charge is 2.05. The number of hydrogen-bond donors (Lipinski definition) is 1. The molecule has 0 saturated heterocycles. The molecule has 80 valence electrons. The van der Waals surface area contributed by atoms with Crippen LogP contribution in [0.4, 0.5) is 0 Å². The Balaban J connectivity index is 2.04. The van der Waals surface area contributed by atoms with Crippen LogP contribution < -0.4 is 5.32 Å². The molecule has 0 aliphatic heterocycles. The topological polar surface area (TPSA) is 37.8 Å². The van der Waals surface area contributed by atoms with Gasteiger partial charge in [-0.15, -0.1) is 22.7 Å². The van der Waals surface area contributed by atoms with E-state index in [2.05, 4.69) is 34.5 Å². The smallest absolute Gasteiger partial charge is 0.135 e. The molecule has 0 aromatic carbocycles. The summed E-state index contributed by atoms with van der Waals surface area (Å²) in [6.45, 7) is 5.11. The molecule has 2 aromatic heterocycles. The Labute approximate surface area is 97.2 Å². The molecule has 15 heavy (non-hydrogen) atoms. The average Bonchev–Trinajstić information content (AvgIpc) is 2.85. The van der Waals surface area contributed by atoms with E-state index >= 15 is 0 Å². The number of nitrogens with zero attached hydrogens (tertiary/aromatic N) is 2. The van der Waals surface area contributed by atoms with Crippen molar-refractivity contribution in [3.63, 3.8) is 0 Å². The molecule has 0 unspecified atom stereocenters. The molecule has 0 radical (unpaired) electrons. The highest BCUT2D eigenvalue weighted by atomic mass is 32.1. The van der Waals surface area contributed by atoms with E-state index in [1.165, 1.54) is 0 Å². The minimum Gasteiger partial charge on any atom is -0.309 e. The molecule has 0 aliphatic carbocycles. The highest BCUT2D eigenvalue weighted by Crippen LogP contribution is 2.26. The van der Waals surface area contributed by atoms with Crippen LogP contribution in [0.25, 0.3) is 9.88 Å². The van der Waals surface area contributed by atoms with Crippen molar-refractivity contribution < 1.29 is 0 Å². The molecule has 0 fully saturated rings. The van der Waals surface area contributed by atoms with Gasteiger partial charge in [-0.1, -0.05) is 13.8 Å². The lowest BCUT2D eigenvalue weighted by Crippen LogP contribution is -2.21. The highest BCUT2D eigenvalue weighted by molar-refractivity contribution is 7.19. The van der Waals surface area contributed by atoms with Gasteiger partial charge in [-0.2, -0.15) is 0 Å². The summed E-state index contributed by atoms with van der Waals surface area (Å²) < 4.78 is 0. The largest absolute Gasteiger partial charge is 0.309 e. The second kappa shape index (κ2) is 4.83. The van der Waals surface area contributed by atoms with Crippen molar-refractivity contribution in [3.05, 3.63) is 22.8 Å². The van der Waals surface area contributed by atoms with Crippen LogP contribution in [0.2, 0.25) is 0 Å². The Bertz CT molecular complexity index is 406. The van der Waals surface area contributed by atoms with Crippen molar-refractivity contribution in [1.29, 1.82) is 0 Å². The van der Waals surface area contributed by atoms with Gasteiger partial charge < -0.3 is 5.32 Å². The van der Waals surface area contributed by atoms with E-state index in [0.29, 0.717) is 6.04 Å². The molecule has 2 aromatic rings. The quantitative estimate of drug-likeness (QED) is 0.891. The molecule has 0 saturated carbocycles. The van der Waals surface area contributed by atoms with Crippen molar-refractivity contribution >= 4 is 22.7 Å². The van der Waals surface area contributed by atoms with Crippen molar-refractivity contribution in [3.8, 4) is 9.88 Å². The molecule has 2 rings (SSSR count). The van der Waals surface area contributed by atoms with Crippen molar-refractivity contribution in [2.45, 2.75) is 26.4 Å². The maximum Gasteiger partial charge on any atom is 0.135 e. The molecule has 0 atom stereocenters. The fraction of sp³-hybridized carbons (Fsp3) is 0.400. The molecular formula is C10H13N3S2. The number of aromatic nitrogens is 2. The molecule has 3 nitrogen and oxygen atoms in total. The summed E-state index contributed by atoms with van der Waals surface area (Å²) >= 11 is 3.31. The SMILES string of the molecule is CC(C)NCc1csc(-c2cncs2)n1. The molecule has 0 spiro atoms. The maximum atomic E-state index is 4.55. The van der Waals surface area contributed by atoms with E-state index in [0.717, 1.165) is 22.1 Å². The van der Waals surface area contributed by atoms with E-state index < -0.39 is 0 Å². The van der Waals surface area contributed by atoms with Gasteiger partial charge in [-0.25, -0.2) is 4.98 Å². The third-order valence-electron chi connectivity index (χ3n) is 1.89. The van der Waals surface area contributed by atoms with Crippen LogP contribution in [0.5, 0.6) is 0 Å². The van der Waals surface area contributed by atoms with E-state index in [1.54, 1.807) is 22.7 Å².